The minimum absolute atomic E-state index is 0.0629. The lowest BCUT2D eigenvalue weighted by Crippen LogP contribution is -2.45. The van der Waals surface area contributed by atoms with Gasteiger partial charge in [-0.15, -0.1) is 0 Å². The highest BCUT2D eigenvalue weighted by atomic mass is 31.2. The van der Waals surface area contributed by atoms with Crippen LogP contribution in [0.4, 0.5) is 0 Å². The first-order chi connectivity index (χ1) is 32.5. The van der Waals surface area contributed by atoms with Gasteiger partial charge in [0.25, 0.3) is 0 Å². The summed E-state index contributed by atoms with van der Waals surface area (Å²) in [6.07, 6.45) is 62.7. The number of carbonyl (C=O) groups is 1. The van der Waals surface area contributed by atoms with Gasteiger partial charge >= 0.3 is 7.82 Å². The van der Waals surface area contributed by atoms with Crippen LogP contribution in [-0.4, -0.2) is 73.4 Å². The van der Waals surface area contributed by atoms with E-state index in [0.29, 0.717) is 17.4 Å². The summed E-state index contributed by atoms with van der Waals surface area (Å²) in [6, 6.07) is -0.846. The van der Waals surface area contributed by atoms with Gasteiger partial charge in [0.15, 0.2) is 0 Å². The number of rotatable bonds is 54. The molecule has 3 N–H and O–H groups in total. The Hall–Kier alpha value is -1.02. The molecule has 0 bridgehead atoms. The first kappa shape index (κ1) is 66.0. The molecule has 0 saturated heterocycles. The Morgan fingerprint density at radius 3 is 1.15 bits per heavy atom. The van der Waals surface area contributed by atoms with Gasteiger partial charge in [-0.25, -0.2) is 4.57 Å². The molecule has 0 aromatic rings. The van der Waals surface area contributed by atoms with Gasteiger partial charge < -0.3 is 19.8 Å². The van der Waals surface area contributed by atoms with Crippen LogP contribution in [0.25, 0.3) is 0 Å². The molecule has 0 saturated carbocycles. The van der Waals surface area contributed by atoms with Crippen LogP contribution in [0, 0.1) is 0 Å². The minimum atomic E-state index is -4.35. The molecule has 1 amide bonds. The fourth-order valence-corrected chi connectivity index (χ4v) is 9.54. The van der Waals surface area contributed by atoms with E-state index in [1.807, 2.05) is 27.2 Å². The quantitative estimate of drug-likeness (QED) is 0.0243. The van der Waals surface area contributed by atoms with Crippen molar-refractivity contribution >= 4 is 13.7 Å². The fraction of sp³-hybridized carbons (Fsp3) is 0.914. The fourth-order valence-electron chi connectivity index (χ4n) is 8.80. The number of hydrogen-bond acceptors (Lipinski definition) is 5. The van der Waals surface area contributed by atoms with E-state index in [2.05, 4.69) is 31.3 Å². The number of unbranched alkanes of at least 4 members (excludes halogenated alkanes) is 39. The number of nitrogens with zero attached hydrogens (tertiary/aromatic N) is 1. The molecule has 3 unspecified atom stereocenters. The van der Waals surface area contributed by atoms with E-state index in [1.165, 1.54) is 231 Å². The number of hydrogen-bond donors (Lipinski definition) is 3. The molecule has 0 aromatic heterocycles. The third-order valence-corrected chi connectivity index (χ3v) is 14.4. The van der Waals surface area contributed by atoms with E-state index in [1.54, 1.807) is 6.08 Å². The zero-order valence-corrected chi connectivity index (χ0v) is 46.3. The van der Waals surface area contributed by atoms with Crippen LogP contribution < -0.4 is 5.32 Å². The van der Waals surface area contributed by atoms with Crippen LogP contribution in [0.5, 0.6) is 0 Å². The lowest BCUT2D eigenvalue weighted by atomic mass is 10.0. The SMILES string of the molecule is CCCCCCCCCC/C=C\CCCCCCCCCCCC(=O)NC(COP(=O)(O)OCC[N+](C)(C)C)C(O)/C=C/CCCCCCCCCCCCCCCCCCCCCCCC. The van der Waals surface area contributed by atoms with Crippen LogP contribution in [-0.2, 0) is 18.4 Å². The summed E-state index contributed by atoms with van der Waals surface area (Å²) in [6.45, 7) is 4.86. The second kappa shape index (κ2) is 49.9. The van der Waals surface area contributed by atoms with Crippen molar-refractivity contribution in [3.63, 3.8) is 0 Å². The third-order valence-electron chi connectivity index (χ3n) is 13.4. The van der Waals surface area contributed by atoms with Gasteiger partial charge in [0.1, 0.15) is 13.2 Å². The van der Waals surface area contributed by atoms with Crippen molar-refractivity contribution in [1.82, 2.24) is 5.32 Å². The smallest absolute Gasteiger partial charge is 0.387 e. The Morgan fingerprint density at radius 1 is 0.493 bits per heavy atom. The number of aliphatic hydroxyl groups excluding tert-OH is 1. The monoisotopic (exact) mass is 968 g/mol. The maximum atomic E-state index is 13.0. The van der Waals surface area contributed by atoms with E-state index in [4.69, 9.17) is 9.05 Å². The lowest BCUT2D eigenvalue weighted by Gasteiger charge is -2.25. The number of amides is 1. The maximum absolute atomic E-state index is 13.0. The molecule has 0 radical (unpaired) electrons. The van der Waals surface area contributed by atoms with Gasteiger partial charge in [-0.05, 0) is 44.9 Å². The van der Waals surface area contributed by atoms with Crippen LogP contribution in [0.2, 0.25) is 0 Å². The van der Waals surface area contributed by atoms with Gasteiger partial charge in [-0.2, -0.15) is 0 Å². The third kappa shape index (κ3) is 52.6. The minimum Gasteiger partial charge on any atom is -0.387 e. The van der Waals surface area contributed by atoms with Gasteiger partial charge in [-0.1, -0.05) is 263 Å². The van der Waals surface area contributed by atoms with E-state index in [0.717, 1.165) is 38.5 Å². The first-order valence-corrected chi connectivity index (χ1v) is 30.7. The number of carbonyl (C=O) groups excluding carboxylic acids is 1. The highest BCUT2D eigenvalue weighted by molar-refractivity contribution is 7.47. The molecule has 67 heavy (non-hydrogen) atoms. The summed E-state index contributed by atoms with van der Waals surface area (Å²) in [4.78, 5) is 23.3. The van der Waals surface area contributed by atoms with Crippen molar-refractivity contribution in [3.8, 4) is 0 Å². The molecule has 0 spiro atoms. The van der Waals surface area contributed by atoms with Crippen molar-refractivity contribution in [2.45, 2.75) is 302 Å². The Balaban J connectivity index is 4.20. The molecule has 0 aliphatic heterocycles. The van der Waals surface area contributed by atoms with E-state index in [-0.39, 0.29) is 19.1 Å². The molecule has 0 aromatic carbocycles. The second-order valence-electron chi connectivity index (χ2n) is 21.4. The molecule has 0 aliphatic carbocycles. The Bertz CT molecular complexity index is 1140. The summed E-state index contributed by atoms with van der Waals surface area (Å²) < 4.78 is 23.7. The lowest BCUT2D eigenvalue weighted by molar-refractivity contribution is -0.870. The zero-order valence-electron chi connectivity index (χ0n) is 45.4. The molecule has 3 atom stereocenters. The first-order valence-electron chi connectivity index (χ1n) is 29.2. The molecule has 0 rings (SSSR count). The molecular weight excluding hydrogens is 852 g/mol. The number of quaternary nitrogens is 1. The predicted octanol–water partition coefficient (Wildman–Crippen LogP) is 17.6. The number of aliphatic hydroxyl groups is 1. The molecule has 0 heterocycles. The van der Waals surface area contributed by atoms with Gasteiger partial charge in [-0.3, -0.25) is 13.8 Å². The van der Waals surface area contributed by atoms with Crippen LogP contribution in [0.15, 0.2) is 24.3 Å². The van der Waals surface area contributed by atoms with Gasteiger partial charge in [0.05, 0.1) is 39.9 Å². The molecule has 398 valence electrons. The summed E-state index contributed by atoms with van der Waals surface area (Å²) in [5.41, 5.74) is 0. The Labute approximate surface area is 417 Å². The molecular formula is C58H116N2O6P+. The number of phosphoric ester groups is 1. The second-order valence-corrected chi connectivity index (χ2v) is 22.8. The van der Waals surface area contributed by atoms with Crippen molar-refractivity contribution in [1.29, 1.82) is 0 Å². The summed E-state index contributed by atoms with van der Waals surface area (Å²) in [7, 11) is 1.58. The van der Waals surface area contributed by atoms with E-state index < -0.39 is 20.0 Å². The summed E-state index contributed by atoms with van der Waals surface area (Å²) in [5, 5.41) is 14.0. The topological polar surface area (TPSA) is 105 Å². The maximum Gasteiger partial charge on any atom is 0.472 e. The standard InChI is InChI=1S/C58H115N2O6P/c1-6-8-10-12-14-16-18-20-22-24-26-28-29-30-32-33-35-37-39-41-43-45-47-49-51-57(61)56(55-66-67(63,64)65-54-53-60(3,4)5)59-58(62)52-50-48-46-44-42-40-38-36-34-31-27-25-23-21-19-17-15-13-11-9-7-2/h25,27,49,51,56-57,61H,6-24,26,28-48,50,52-55H2,1-5H3,(H-,59,62,63,64)/p+1/b27-25-,51-49+. The van der Waals surface area contributed by atoms with Crippen molar-refractivity contribution in [3.05, 3.63) is 24.3 Å². The number of likely N-dealkylation sites (N-methyl/N-ethyl adjacent to an activating group) is 1. The van der Waals surface area contributed by atoms with Gasteiger partial charge in [0, 0.05) is 6.42 Å². The summed E-state index contributed by atoms with van der Waals surface area (Å²) in [5.74, 6) is -0.175. The van der Waals surface area contributed by atoms with Crippen molar-refractivity contribution in [2.24, 2.45) is 0 Å². The molecule has 9 heteroatoms. The Kier molecular flexibility index (Phi) is 49.2. The number of allylic oxidation sites excluding steroid dienone is 3. The van der Waals surface area contributed by atoms with E-state index in [9.17, 15) is 19.4 Å². The van der Waals surface area contributed by atoms with Gasteiger partial charge in [0.2, 0.25) is 5.91 Å². The normalized spacial score (nSPS) is 14.1. The average Bonchev–Trinajstić information content (AvgIpc) is 3.29. The highest BCUT2D eigenvalue weighted by Gasteiger charge is 2.27. The zero-order chi connectivity index (χ0) is 49.2. The predicted molar refractivity (Wildman–Crippen MR) is 291 cm³/mol. The van der Waals surface area contributed by atoms with Crippen LogP contribution in [0.3, 0.4) is 0 Å². The molecule has 8 nitrogen and oxygen atoms in total. The highest BCUT2D eigenvalue weighted by Crippen LogP contribution is 2.43. The molecule has 0 fully saturated rings. The van der Waals surface area contributed by atoms with Crippen molar-refractivity contribution in [2.75, 3.05) is 40.9 Å². The molecule has 0 aliphatic rings. The number of phosphoric acid groups is 1. The average molecular weight is 969 g/mol. The van der Waals surface area contributed by atoms with Crippen molar-refractivity contribution < 1.29 is 32.9 Å². The Morgan fingerprint density at radius 2 is 0.806 bits per heavy atom. The summed E-state index contributed by atoms with van der Waals surface area (Å²) >= 11 is 0. The largest absolute Gasteiger partial charge is 0.472 e. The van der Waals surface area contributed by atoms with E-state index >= 15 is 0 Å². The number of nitrogens with one attached hydrogen (secondary N) is 1. The van der Waals surface area contributed by atoms with Crippen LogP contribution >= 0.6 is 7.82 Å². The van der Waals surface area contributed by atoms with Crippen LogP contribution in [0.1, 0.15) is 290 Å².